The second-order valence-electron chi connectivity index (χ2n) is 5.34. The van der Waals surface area contributed by atoms with Gasteiger partial charge in [-0.2, -0.15) is 0 Å². The van der Waals surface area contributed by atoms with Gasteiger partial charge >= 0.3 is 0 Å². The molecular formula is C18H21FN2O2S. The van der Waals surface area contributed by atoms with E-state index in [-0.39, 0.29) is 11.7 Å². The first kappa shape index (κ1) is 18.4. The summed E-state index contributed by atoms with van der Waals surface area (Å²) in [5.74, 6) is 0.321. The fourth-order valence-corrected chi connectivity index (χ4v) is 3.10. The molecule has 0 atom stereocenters. The third kappa shape index (κ3) is 5.32. The highest BCUT2D eigenvalue weighted by molar-refractivity contribution is 7.98. The minimum Gasteiger partial charge on any atom is -0.385 e. The van der Waals surface area contributed by atoms with Gasteiger partial charge in [-0.25, -0.2) is 9.37 Å². The largest absolute Gasteiger partial charge is 0.385 e. The van der Waals surface area contributed by atoms with E-state index in [1.54, 1.807) is 49.5 Å². The van der Waals surface area contributed by atoms with E-state index >= 15 is 0 Å². The zero-order valence-corrected chi connectivity index (χ0v) is 14.7. The molecule has 0 aliphatic rings. The maximum absolute atomic E-state index is 13.0. The van der Waals surface area contributed by atoms with Gasteiger partial charge in [0.1, 0.15) is 10.8 Å². The van der Waals surface area contributed by atoms with Crippen molar-refractivity contribution in [2.24, 2.45) is 0 Å². The highest BCUT2D eigenvalue weighted by Crippen LogP contribution is 2.25. The third-order valence-corrected chi connectivity index (χ3v) is 4.56. The van der Waals surface area contributed by atoms with Crippen molar-refractivity contribution >= 4 is 17.7 Å². The van der Waals surface area contributed by atoms with Crippen molar-refractivity contribution in [1.29, 1.82) is 0 Å². The van der Waals surface area contributed by atoms with Crippen LogP contribution in [0.1, 0.15) is 22.3 Å². The van der Waals surface area contributed by atoms with Crippen LogP contribution in [0.15, 0.2) is 47.6 Å². The number of thioether (sulfide) groups is 1. The van der Waals surface area contributed by atoms with Crippen LogP contribution in [0, 0.1) is 5.82 Å². The van der Waals surface area contributed by atoms with Crippen LogP contribution in [0.25, 0.3) is 0 Å². The average Bonchev–Trinajstić information content (AvgIpc) is 2.61. The Morgan fingerprint density at radius 1 is 1.29 bits per heavy atom. The Labute approximate surface area is 146 Å². The molecule has 0 bridgehead atoms. The fourth-order valence-electron chi connectivity index (χ4n) is 2.15. The Morgan fingerprint density at radius 3 is 2.75 bits per heavy atom. The van der Waals surface area contributed by atoms with E-state index in [1.807, 2.05) is 0 Å². The number of halogens is 1. The van der Waals surface area contributed by atoms with E-state index in [2.05, 4.69) is 4.98 Å². The highest BCUT2D eigenvalue weighted by Gasteiger charge is 2.16. The van der Waals surface area contributed by atoms with E-state index in [1.165, 1.54) is 23.9 Å². The van der Waals surface area contributed by atoms with Crippen molar-refractivity contribution in [3.05, 3.63) is 59.5 Å². The van der Waals surface area contributed by atoms with Crippen molar-refractivity contribution in [3.63, 3.8) is 0 Å². The highest BCUT2D eigenvalue weighted by atomic mass is 32.2. The monoisotopic (exact) mass is 348 g/mol. The summed E-state index contributed by atoms with van der Waals surface area (Å²) >= 11 is 1.47. The molecule has 1 amide bonds. The van der Waals surface area contributed by atoms with Crippen LogP contribution in [0.2, 0.25) is 0 Å². The number of pyridine rings is 1. The summed E-state index contributed by atoms with van der Waals surface area (Å²) in [4.78, 5) is 18.6. The molecule has 0 aliphatic heterocycles. The Hall–Kier alpha value is -1.92. The zero-order valence-electron chi connectivity index (χ0n) is 13.9. The van der Waals surface area contributed by atoms with Gasteiger partial charge in [0.05, 0.1) is 5.56 Å². The quantitative estimate of drug-likeness (QED) is 0.540. The van der Waals surface area contributed by atoms with Gasteiger partial charge < -0.3 is 9.64 Å². The molecule has 6 heteroatoms. The van der Waals surface area contributed by atoms with Gasteiger partial charge in [0.15, 0.2) is 0 Å². The first-order valence-corrected chi connectivity index (χ1v) is 8.67. The molecule has 1 heterocycles. The molecule has 0 saturated carbocycles. The summed E-state index contributed by atoms with van der Waals surface area (Å²) in [6.45, 7) is 1.25. The molecule has 2 aromatic rings. The topological polar surface area (TPSA) is 42.4 Å². The van der Waals surface area contributed by atoms with E-state index < -0.39 is 0 Å². The van der Waals surface area contributed by atoms with Gasteiger partial charge in [-0.1, -0.05) is 12.1 Å². The lowest BCUT2D eigenvalue weighted by atomic mass is 10.2. The molecule has 24 heavy (non-hydrogen) atoms. The maximum atomic E-state index is 13.0. The van der Waals surface area contributed by atoms with Crippen molar-refractivity contribution in [3.8, 4) is 0 Å². The molecule has 128 valence electrons. The van der Waals surface area contributed by atoms with Gasteiger partial charge in [-0.3, -0.25) is 4.79 Å². The molecule has 2 rings (SSSR count). The number of hydrogen-bond acceptors (Lipinski definition) is 4. The minimum absolute atomic E-state index is 0.0548. The van der Waals surface area contributed by atoms with Gasteiger partial charge in [0, 0.05) is 39.3 Å². The molecule has 1 aromatic heterocycles. The number of nitrogens with zero attached hydrogens (tertiary/aromatic N) is 2. The predicted octanol–water partition coefficient (Wildman–Crippen LogP) is 3.62. The van der Waals surface area contributed by atoms with Gasteiger partial charge in [0.2, 0.25) is 0 Å². The van der Waals surface area contributed by atoms with Gasteiger partial charge in [-0.15, -0.1) is 11.8 Å². The Morgan fingerprint density at radius 2 is 2.04 bits per heavy atom. The maximum Gasteiger partial charge on any atom is 0.256 e. The van der Waals surface area contributed by atoms with Gasteiger partial charge in [0.25, 0.3) is 5.91 Å². The van der Waals surface area contributed by atoms with Crippen molar-refractivity contribution in [2.45, 2.75) is 17.2 Å². The van der Waals surface area contributed by atoms with Crippen LogP contribution in [-0.4, -0.2) is 43.1 Å². The lowest BCUT2D eigenvalue weighted by molar-refractivity contribution is 0.0775. The van der Waals surface area contributed by atoms with Crippen LogP contribution in [0.3, 0.4) is 0 Å². The Kier molecular flexibility index (Phi) is 7.21. The molecule has 0 fully saturated rings. The number of amides is 1. The Balaban J connectivity index is 2.03. The molecule has 0 radical (unpaired) electrons. The van der Waals surface area contributed by atoms with E-state index in [0.717, 1.165) is 12.0 Å². The average molecular weight is 348 g/mol. The first-order valence-electron chi connectivity index (χ1n) is 7.68. The lowest BCUT2D eigenvalue weighted by Crippen LogP contribution is -2.29. The molecular weight excluding hydrogens is 327 g/mol. The van der Waals surface area contributed by atoms with Crippen molar-refractivity contribution in [1.82, 2.24) is 9.88 Å². The number of hydrogen-bond donors (Lipinski definition) is 0. The summed E-state index contributed by atoms with van der Waals surface area (Å²) in [5.41, 5.74) is 1.57. The van der Waals surface area contributed by atoms with Crippen LogP contribution >= 0.6 is 11.8 Å². The van der Waals surface area contributed by atoms with E-state index in [9.17, 15) is 9.18 Å². The van der Waals surface area contributed by atoms with E-state index in [0.29, 0.717) is 29.5 Å². The SMILES string of the molecule is COCCCN(C)C(=O)c1cccnc1SCc1ccc(F)cc1. The minimum atomic E-state index is -0.255. The normalized spacial score (nSPS) is 10.6. The molecule has 4 nitrogen and oxygen atoms in total. The number of rotatable bonds is 8. The second-order valence-corrected chi connectivity index (χ2v) is 6.31. The first-order chi connectivity index (χ1) is 11.6. The van der Waals surface area contributed by atoms with Crippen LogP contribution in [0.4, 0.5) is 4.39 Å². The zero-order chi connectivity index (χ0) is 17.4. The van der Waals surface area contributed by atoms with E-state index in [4.69, 9.17) is 4.74 Å². The summed E-state index contributed by atoms with van der Waals surface area (Å²) in [6.07, 6.45) is 2.46. The summed E-state index contributed by atoms with van der Waals surface area (Å²) < 4.78 is 18.0. The molecule has 0 unspecified atom stereocenters. The second kappa shape index (κ2) is 9.39. The molecule has 0 N–H and O–H groups in total. The molecule has 1 aromatic carbocycles. The number of methoxy groups -OCH3 is 1. The summed E-state index contributed by atoms with van der Waals surface area (Å²) in [6, 6.07) is 9.90. The smallest absolute Gasteiger partial charge is 0.256 e. The molecule has 0 spiro atoms. The number of carbonyl (C=O) groups excluding carboxylic acids is 1. The molecule has 0 saturated heterocycles. The van der Waals surface area contributed by atoms with Crippen LogP contribution in [0.5, 0.6) is 0 Å². The van der Waals surface area contributed by atoms with Crippen molar-refractivity contribution < 1.29 is 13.9 Å². The fraction of sp³-hybridized carbons (Fsp3) is 0.333. The van der Waals surface area contributed by atoms with Crippen molar-refractivity contribution in [2.75, 3.05) is 27.3 Å². The third-order valence-electron chi connectivity index (χ3n) is 3.48. The standard InChI is InChI=1S/C18H21FN2O2S/c1-21(11-4-12-23-2)18(22)16-5-3-10-20-17(16)24-13-14-6-8-15(19)9-7-14/h3,5-10H,4,11-13H2,1-2H3. The number of benzene rings is 1. The summed E-state index contributed by atoms with van der Waals surface area (Å²) in [5, 5.41) is 0.686. The number of ether oxygens (including phenoxy) is 1. The predicted molar refractivity (Wildman–Crippen MR) is 93.7 cm³/mol. The number of aromatic nitrogens is 1. The van der Waals surface area contributed by atoms with Crippen LogP contribution < -0.4 is 0 Å². The summed E-state index contributed by atoms with van der Waals surface area (Å²) in [7, 11) is 3.42. The van der Waals surface area contributed by atoms with Gasteiger partial charge in [-0.05, 0) is 36.2 Å². The van der Waals surface area contributed by atoms with Crippen LogP contribution in [-0.2, 0) is 10.5 Å². The number of carbonyl (C=O) groups is 1. The Bertz CT molecular complexity index is 664. The molecule has 0 aliphatic carbocycles. The lowest BCUT2D eigenvalue weighted by Gasteiger charge is -2.18.